The Morgan fingerprint density at radius 1 is 1.22 bits per heavy atom. The molecule has 2 aromatic rings. The van der Waals surface area contributed by atoms with Crippen LogP contribution in [-0.4, -0.2) is 29.9 Å². The second-order valence-electron chi connectivity index (χ2n) is 9.29. The molecule has 1 aliphatic heterocycles. The third-order valence-electron chi connectivity index (χ3n) is 6.58. The van der Waals surface area contributed by atoms with Crippen LogP contribution in [-0.2, 0) is 9.59 Å². The van der Waals surface area contributed by atoms with Gasteiger partial charge in [0.05, 0.1) is 0 Å². The van der Waals surface area contributed by atoms with Crippen molar-refractivity contribution in [2.24, 2.45) is 5.41 Å². The summed E-state index contributed by atoms with van der Waals surface area (Å²) in [6, 6.07) is 9.87. The minimum atomic E-state index is -0.682. The van der Waals surface area contributed by atoms with Crippen LogP contribution in [0.15, 0.2) is 42.5 Å². The highest BCUT2D eigenvalue weighted by molar-refractivity contribution is 6.30. The second-order valence-corrected chi connectivity index (χ2v) is 9.73. The first kappa shape index (κ1) is 21.0. The number of nitrogens with one attached hydrogen (secondary N) is 1. The molecule has 3 saturated carbocycles. The number of Topliss-reactive ketones (excluding diaryl/α,β-unsaturated/α-hetero) is 1. The molecule has 0 saturated heterocycles. The van der Waals surface area contributed by atoms with Crippen LogP contribution in [0.5, 0.6) is 11.5 Å². The normalized spacial score (nSPS) is 26.8. The minimum Gasteiger partial charge on any atom is -0.486 e. The predicted octanol–water partition coefficient (Wildman–Crippen LogP) is 4.64. The average molecular weight is 456 g/mol. The van der Waals surface area contributed by atoms with Gasteiger partial charge in [0, 0.05) is 28.6 Å². The molecular weight excluding hydrogens is 433 g/mol. The molecule has 1 amide bonds. The van der Waals surface area contributed by atoms with Crippen LogP contribution >= 0.6 is 11.6 Å². The first-order valence-corrected chi connectivity index (χ1v) is 11.0. The van der Waals surface area contributed by atoms with E-state index in [0.717, 1.165) is 24.8 Å². The molecule has 3 aliphatic carbocycles. The van der Waals surface area contributed by atoms with Crippen molar-refractivity contribution in [3.8, 4) is 11.5 Å². The average Bonchev–Trinajstić information content (AvgIpc) is 2.71. The molecule has 3 fully saturated rings. The molecule has 2 aromatic carbocycles. The molecule has 0 radical (unpaired) electrons. The summed E-state index contributed by atoms with van der Waals surface area (Å²) in [6.45, 7) is 1.60. The number of carbonyl (C=O) groups excluding carboxylic acids is 2. The Hall–Kier alpha value is -2.86. The Bertz CT molecular complexity index is 1120. The topological polar surface area (TPSA) is 64.6 Å². The maximum absolute atomic E-state index is 13.6. The Labute approximate surface area is 190 Å². The number of amides is 1. The Kier molecular flexibility index (Phi) is 5.01. The van der Waals surface area contributed by atoms with Crippen molar-refractivity contribution in [1.82, 2.24) is 5.32 Å². The number of ketones is 1. The molecule has 32 heavy (non-hydrogen) atoms. The van der Waals surface area contributed by atoms with Crippen LogP contribution in [0.1, 0.15) is 36.8 Å². The van der Waals surface area contributed by atoms with E-state index in [-0.39, 0.29) is 35.1 Å². The van der Waals surface area contributed by atoms with Crippen LogP contribution < -0.4 is 14.8 Å². The van der Waals surface area contributed by atoms with Crippen LogP contribution in [0.4, 0.5) is 4.39 Å². The minimum absolute atomic E-state index is 0.0144. The fourth-order valence-electron chi connectivity index (χ4n) is 5.21. The molecule has 2 bridgehead atoms. The van der Waals surface area contributed by atoms with Gasteiger partial charge in [0.25, 0.3) is 5.91 Å². The summed E-state index contributed by atoms with van der Waals surface area (Å²) in [7, 11) is 0. The summed E-state index contributed by atoms with van der Waals surface area (Å²) in [5, 5.41) is 3.73. The molecular formula is C25H23ClFNO4. The summed E-state index contributed by atoms with van der Waals surface area (Å²) in [5.74, 6) is 0.444. The highest BCUT2D eigenvalue weighted by Crippen LogP contribution is 2.69. The Morgan fingerprint density at radius 3 is 2.75 bits per heavy atom. The monoisotopic (exact) mass is 455 g/mol. The van der Waals surface area contributed by atoms with Gasteiger partial charge < -0.3 is 14.8 Å². The zero-order chi connectivity index (χ0) is 22.5. The van der Waals surface area contributed by atoms with Crippen molar-refractivity contribution in [2.75, 3.05) is 6.61 Å². The molecule has 0 unspecified atom stereocenters. The lowest BCUT2D eigenvalue weighted by atomic mass is 9.38. The number of hydrogen-bond donors (Lipinski definition) is 1. The van der Waals surface area contributed by atoms with E-state index in [2.05, 4.69) is 5.32 Å². The standard InChI is InChI=1S/C25H23ClFNO4/c1-15-2-5-19(9-20(15)27)31-11-18(29)10-24-12-25(13-24,14-24)28-23(30)22-6-3-16-8-17(26)4-7-21(16)32-22/h2-9,22H,10-14H2,1H3,(H,28,30)/t22-,24?,25?/m1/s1. The molecule has 0 spiro atoms. The van der Waals surface area contributed by atoms with Gasteiger partial charge in [0.1, 0.15) is 23.9 Å². The van der Waals surface area contributed by atoms with E-state index in [1.165, 1.54) is 6.07 Å². The fourth-order valence-corrected chi connectivity index (χ4v) is 5.39. The van der Waals surface area contributed by atoms with E-state index in [0.29, 0.717) is 28.5 Å². The SMILES string of the molecule is Cc1ccc(OCC(=O)CC23CC(NC(=O)[C@H]4C=Cc5cc(Cl)ccc5O4)(C2)C3)cc1F. The van der Waals surface area contributed by atoms with Gasteiger partial charge >= 0.3 is 0 Å². The van der Waals surface area contributed by atoms with Gasteiger partial charge in [-0.25, -0.2) is 4.39 Å². The summed E-state index contributed by atoms with van der Waals surface area (Å²) < 4.78 is 24.9. The molecule has 6 rings (SSSR count). The molecule has 7 heteroatoms. The Balaban J connectivity index is 1.09. The van der Waals surface area contributed by atoms with Crippen molar-refractivity contribution in [1.29, 1.82) is 0 Å². The van der Waals surface area contributed by atoms with Gasteiger partial charge in [-0.2, -0.15) is 0 Å². The third kappa shape index (κ3) is 3.88. The van der Waals surface area contributed by atoms with E-state index in [1.54, 1.807) is 43.3 Å². The largest absolute Gasteiger partial charge is 0.486 e. The van der Waals surface area contributed by atoms with Crippen molar-refractivity contribution in [3.63, 3.8) is 0 Å². The first-order valence-electron chi connectivity index (χ1n) is 10.6. The van der Waals surface area contributed by atoms with E-state index in [4.69, 9.17) is 21.1 Å². The predicted molar refractivity (Wildman–Crippen MR) is 118 cm³/mol. The van der Waals surface area contributed by atoms with Crippen molar-refractivity contribution < 1.29 is 23.5 Å². The van der Waals surface area contributed by atoms with Crippen LogP contribution in [0.25, 0.3) is 6.08 Å². The van der Waals surface area contributed by atoms with Crippen LogP contribution in [0.2, 0.25) is 5.02 Å². The third-order valence-corrected chi connectivity index (χ3v) is 6.81. The highest BCUT2D eigenvalue weighted by atomic mass is 35.5. The zero-order valence-electron chi connectivity index (χ0n) is 17.6. The number of fused-ring (bicyclic) bond motifs is 1. The molecule has 1 heterocycles. The molecule has 166 valence electrons. The van der Waals surface area contributed by atoms with Crippen molar-refractivity contribution in [3.05, 3.63) is 64.4 Å². The lowest BCUT2D eigenvalue weighted by Gasteiger charge is -2.70. The van der Waals surface area contributed by atoms with Crippen LogP contribution in [0, 0.1) is 18.2 Å². The van der Waals surface area contributed by atoms with Gasteiger partial charge in [-0.3, -0.25) is 9.59 Å². The number of ether oxygens (including phenoxy) is 2. The molecule has 1 N–H and O–H groups in total. The fraction of sp³-hybridized carbons (Fsp3) is 0.360. The maximum atomic E-state index is 13.6. The number of aryl methyl sites for hydroxylation is 1. The lowest BCUT2D eigenvalue weighted by molar-refractivity contribution is -0.174. The second kappa shape index (κ2) is 7.62. The number of carbonyl (C=O) groups is 2. The number of rotatable bonds is 7. The van der Waals surface area contributed by atoms with E-state index in [1.807, 2.05) is 6.08 Å². The van der Waals surface area contributed by atoms with Gasteiger partial charge in [-0.1, -0.05) is 23.7 Å². The summed E-state index contributed by atoms with van der Waals surface area (Å²) >= 11 is 5.99. The van der Waals surface area contributed by atoms with Gasteiger partial charge in [-0.05, 0) is 67.5 Å². The van der Waals surface area contributed by atoms with Gasteiger partial charge in [-0.15, -0.1) is 0 Å². The molecule has 1 atom stereocenters. The summed E-state index contributed by atoms with van der Waals surface area (Å²) in [6.07, 6.45) is 5.63. The number of halogens is 2. The first-order chi connectivity index (χ1) is 15.2. The number of benzene rings is 2. The van der Waals surface area contributed by atoms with Gasteiger partial charge in [0.15, 0.2) is 11.9 Å². The van der Waals surface area contributed by atoms with E-state index < -0.39 is 6.10 Å². The molecule has 4 aliphatic rings. The summed E-state index contributed by atoms with van der Waals surface area (Å²) in [4.78, 5) is 25.1. The van der Waals surface area contributed by atoms with Crippen molar-refractivity contribution in [2.45, 2.75) is 44.2 Å². The number of hydrogen-bond acceptors (Lipinski definition) is 4. The Morgan fingerprint density at radius 2 is 2.00 bits per heavy atom. The highest BCUT2D eigenvalue weighted by Gasteiger charge is 2.68. The maximum Gasteiger partial charge on any atom is 0.265 e. The van der Waals surface area contributed by atoms with Crippen LogP contribution in [0.3, 0.4) is 0 Å². The quantitative estimate of drug-likeness (QED) is 0.660. The van der Waals surface area contributed by atoms with E-state index >= 15 is 0 Å². The van der Waals surface area contributed by atoms with E-state index in [9.17, 15) is 14.0 Å². The molecule has 0 aromatic heterocycles. The zero-order valence-corrected chi connectivity index (χ0v) is 18.4. The van der Waals surface area contributed by atoms with Gasteiger partial charge in [0.2, 0.25) is 0 Å². The smallest absolute Gasteiger partial charge is 0.265 e. The van der Waals surface area contributed by atoms with Crippen molar-refractivity contribution >= 4 is 29.4 Å². The summed E-state index contributed by atoms with van der Waals surface area (Å²) in [5.41, 5.74) is 1.09. The lowest BCUT2D eigenvalue weighted by Crippen LogP contribution is -2.75. The molecule has 5 nitrogen and oxygen atoms in total.